The van der Waals surface area contributed by atoms with Crippen molar-refractivity contribution in [3.05, 3.63) is 82.1 Å². The molecule has 5 rings (SSSR count). The van der Waals surface area contributed by atoms with Crippen molar-refractivity contribution in [2.75, 3.05) is 5.32 Å². The average Bonchev–Trinajstić information content (AvgIpc) is 3.22. The third-order valence-electron chi connectivity index (χ3n) is 6.18. The molecule has 1 aliphatic carbocycles. The quantitative estimate of drug-likeness (QED) is 0.341. The van der Waals surface area contributed by atoms with Gasteiger partial charge in [-0.05, 0) is 55.5 Å². The van der Waals surface area contributed by atoms with Crippen LogP contribution in [-0.2, 0) is 19.0 Å². The molecule has 5 nitrogen and oxygen atoms in total. The molecule has 0 radical (unpaired) electrons. The van der Waals surface area contributed by atoms with Gasteiger partial charge in [-0.15, -0.1) is 11.3 Å². The first-order chi connectivity index (χ1) is 16.8. The Labute approximate surface area is 205 Å². The summed E-state index contributed by atoms with van der Waals surface area (Å²) in [7, 11) is 0. The summed E-state index contributed by atoms with van der Waals surface area (Å²) in [6.45, 7) is 0. The molecule has 2 heterocycles. The van der Waals surface area contributed by atoms with Crippen molar-refractivity contribution < 1.29 is 18.3 Å². The number of nitrogens with one attached hydrogen (secondary N) is 1. The van der Waals surface area contributed by atoms with Crippen LogP contribution in [0.4, 0.5) is 19.1 Å². The van der Waals surface area contributed by atoms with Gasteiger partial charge in [0.15, 0.2) is 0 Å². The Morgan fingerprint density at radius 2 is 1.60 bits per heavy atom. The fourth-order valence-corrected chi connectivity index (χ4v) is 5.41. The van der Waals surface area contributed by atoms with Gasteiger partial charge in [0.25, 0.3) is 0 Å². The normalized spacial score (nSPS) is 18.6. The molecule has 4 aromatic rings. The molecule has 0 aliphatic heterocycles. The molecular formula is C26H25F3N4OS. The summed E-state index contributed by atoms with van der Waals surface area (Å²) < 4.78 is 39.8. The number of thiazole rings is 1. The highest BCUT2D eigenvalue weighted by atomic mass is 32.1. The minimum Gasteiger partial charge on any atom is -0.393 e. The van der Waals surface area contributed by atoms with Crippen molar-refractivity contribution >= 4 is 27.5 Å². The van der Waals surface area contributed by atoms with E-state index in [-0.39, 0.29) is 12.1 Å². The van der Waals surface area contributed by atoms with Gasteiger partial charge in [0.2, 0.25) is 5.95 Å². The van der Waals surface area contributed by atoms with Crippen molar-refractivity contribution in [1.82, 2.24) is 15.0 Å². The van der Waals surface area contributed by atoms with Crippen molar-refractivity contribution in [3.8, 4) is 0 Å². The molecule has 182 valence electrons. The van der Waals surface area contributed by atoms with Gasteiger partial charge in [0, 0.05) is 18.9 Å². The molecule has 0 bridgehead atoms. The van der Waals surface area contributed by atoms with E-state index in [2.05, 4.69) is 10.3 Å². The molecule has 0 atom stereocenters. The Bertz CT molecular complexity index is 1300. The van der Waals surface area contributed by atoms with Crippen LogP contribution in [0.25, 0.3) is 10.2 Å². The lowest BCUT2D eigenvalue weighted by Gasteiger charge is -2.26. The minimum atomic E-state index is -4.38. The van der Waals surface area contributed by atoms with E-state index in [1.165, 1.54) is 17.4 Å². The number of hydrogen-bond donors (Lipinski definition) is 2. The largest absolute Gasteiger partial charge is 0.416 e. The fraction of sp³-hybridized carbons (Fsp3) is 0.346. The van der Waals surface area contributed by atoms with Crippen LogP contribution >= 0.6 is 11.3 Å². The van der Waals surface area contributed by atoms with E-state index >= 15 is 0 Å². The molecular weight excluding hydrogens is 473 g/mol. The van der Waals surface area contributed by atoms with Gasteiger partial charge in [-0.3, -0.25) is 0 Å². The van der Waals surface area contributed by atoms with E-state index in [0.717, 1.165) is 54.8 Å². The van der Waals surface area contributed by atoms with Crippen LogP contribution in [0.15, 0.2) is 54.6 Å². The number of anilines is 1. The van der Waals surface area contributed by atoms with Crippen LogP contribution < -0.4 is 5.32 Å². The maximum atomic E-state index is 13.1. The summed E-state index contributed by atoms with van der Waals surface area (Å²) in [5.41, 5.74) is 2.63. The van der Waals surface area contributed by atoms with Crippen LogP contribution in [0, 0.1) is 0 Å². The topological polar surface area (TPSA) is 70.9 Å². The van der Waals surface area contributed by atoms with Gasteiger partial charge in [-0.2, -0.15) is 13.2 Å². The van der Waals surface area contributed by atoms with Crippen LogP contribution in [0.1, 0.15) is 53.2 Å². The van der Waals surface area contributed by atoms with Gasteiger partial charge in [0.1, 0.15) is 0 Å². The zero-order chi connectivity index (χ0) is 24.4. The summed E-state index contributed by atoms with van der Waals surface area (Å²) in [4.78, 5) is 14.0. The molecule has 0 spiro atoms. The minimum absolute atomic E-state index is 0.196. The zero-order valence-corrected chi connectivity index (χ0v) is 19.7. The molecule has 9 heteroatoms. The van der Waals surface area contributed by atoms with Crippen molar-refractivity contribution in [2.45, 2.75) is 56.8 Å². The van der Waals surface area contributed by atoms with Crippen LogP contribution in [-0.4, -0.2) is 32.2 Å². The molecule has 1 fully saturated rings. The molecule has 0 unspecified atom stereocenters. The van der Waals surface area contributed by atoms with Gasteiger partial charge in [-0.25, -0.2) is 15.0 Å². The fourth-order valence-electron chi connectivity index (χ4n) is 4.39. The second-order valence-electron chi connectivity index (χ2n) is 8.95. The van der Waals surface area contributed by atoms with Crippen LogP contribution in [0.5, 0.6) is 0 Å². The molecule has 0 amide bonds. The van der Waals surface area contributed by atoms with Crippen molar-refractivity contribution in [3.63, 3.8) is 0 Å². The molecule has 1 saturated carbocycles. The molecule has 1 aliphatic rings. The van der Waals surface area contributed by atoms with Gasteiger partial charge in [0.05, 0.1) is 38.3 Å². The lowest BCUT2D eigenvalue weighted by atomic mass is 9.93. The Kier molecular flexibility index (Phi) is 6.71. The number of rotatable bonds is 6. The van der Waals surface area contributed by atoms with E-state index < -0.39 is 11.7 Å². The first-order valence-electron chi connectivity index (χ1n) is 11.6. The number of nitrogens with zero attached hydrogens (tertiary/aromatic N) is 3. The predicted molar refractivity (Wildman–Crippen MR) is 131 cm³/mol. The highest BCUT2D eigenvalue weighted by molar-refractivity contribution is 7.18. The third kappa shape index (κ3) is 5.97. The number of aliphatic hydroxyl groups is 1. The van der Waals surface area contributed by atoms with E-state index in [1.807, 2.05) is 36.4 Å². The van der Waals surface area contributed by atoms with Crippen molar-refractivity contribution in [2.24, 2.45) is 0 Å². The number of benzene rings is 2. The van der Waals surface area contributed by atoms with E-state index in [0.29, 0.717) is 34.0 Å². The molecule has 2 aromatic heterocycles. The average molecular weight is 499 g/mol. The standard InChI is InChI=1S/C26H25F3N4OS/c27-26(28,29)17-6-11-22-23(13-17)35-24(33-22)15-20-14-19(12-16-4-2-1-3-5-16)31-25(32-20)30-18-7-9-21(34)10-8-18/h1-6,11,13-14,18,21,34H,7-10,12,15H2,(H,30,31,32). The lowest BCUT2D eigenvalue weighted by Crippen LogP contribution is -2.29. The summed E-state index contributed by atoms with van der Waals surface area (Å²) in [6, 6.07) is 15.8. The van der Waals surface area contributed by atoms with E-state index in [9.17, 15) is 18.3 Å². The van der Waals surface area contributed by atoms with Gasteiger partial charge < -0.3 is 10.4 Å². The van der Waals surface area contributed by atoms with Gasteiger partial charge in [-0.1, -0.05) is 30.3 Å². The van der Waals surface area contributed by atoms with Crippen LogP contribution in [0.2, 0.25) is 0 Å². The van der Waals surface area contributed by atoms with Crippen molar-refractivity contribution in [1.29, 1.82) is 0 Å². The zero-order valence-electron chi connectivity index (χ0n) is 18.9. The summed E-state index contributed by atoms with van der Waals surface area (Å²) in [6.07, 6.45) is -0.380. The van der Waals surface area contributed by atoms with Gasteiger partial charge >= 0.3 is 6.18 Å². The number of alkyl halides is 3. The molecule has 35 heavy (non-hydrogen) atoms. The Balaban J connectivity index is 1.42. The summed E-state index contributed by atoms with van der Waals surface area (Å²) in [5.74, 6) is 0.537. The predicted octanol–water partition coefficient (Wildman–Crippen LogP) is 6.00. The molecule has 0 saturated heterocycles. The monoisotopic (exact) mass is 498 g/mol. The summed E-state index contributed by atoms with van der Waals surface area (Å²) in [5, 5.41) is 13.9. The lowest BCUT2D eigenvalue weighted by molar-refractivity contribution is -0.137. The smallest absolute Gasteiger partial charge is 0.393 e. The highest BCUT2D eigenvalue weighted by Crippen LogP contribution is 2.33. The number of aliphatic hydroxyl groups excluding tert-OH is 1. The SMILES string of the molecule is OC1CCC(Nc2nc(Cc3ccccc3)cc(Cc3nc4ccc(C(F)(F)F)cc4s3)n2)CC1. The molecule has 2 aromatic carbocycles. The number of halogens is 3. The second-order valence-corrected chi connectivity index (χ2v) is 10.1. The Morgan fingerprint density at radius 1 is 0.886 bits per heavy atom. The van der Waals surface area contributed by atoms with Crippen LogP contribution in [0.3, 0.4) is 0 Å². The second kappa shape index (κ2) is 9.91. The molecule has 2 N–H and O–H groups in total. The first kappa shape index (κ1) is 23.7. The Morgan fingerprint density at radius 3 is 2.31 bits per heavy atom. The maximum Gasteiger partial charge on any atom is 0.416 e. The van der Waals surface area contributed by atoms with E-state index in [1.54, 1.807) is 0 Å². The highest BCUT2D eigenvalue weighted by Gasteiger charge is 2.30. The number of aromatic nitrogens is 3. The van der Waals surface area contributed by atoms with E-state index in [4.69, 9.17) is 9.97 Å². The Hall–Kier alpha value is -3.04. The number of fused-ring (bicyclic) bond motifs is 1. The maximum absolute atomic E-state index is 13.1. The summed E-state index contributed by atoms with van der Waals surface area (Å²) >= 11 is 1.25. The first-order valence-corrected chi connectivity index (χ1v) is 12.5. The third-order valence-corrected chi connectivity index (χ3v) is 7.20. The number of hydrogen-bond acceptors (Lipinski definition) is 6.